The van der Waals surface area contributed by atoms with Crippen LogP contribution in [0.5, 0.6) is 11.5 Å². The van der Waals surface area contributed by atoms with Crippen LogP contribution in [0.2, 0.25) is 10.0 Å². The van der Waals surface area contributed by atoms with Crippen LogP contribution >= 0.6 is 23.2 Å². The maximum absolute atomic E-state index is 11.1. The lowest BCUT2D eigenvalue weighted by atomic mass is 9.80. The number of ether oxygens (including phenoxy) is 2. The third kappa shape index (κ3) is 8.33. The van der Waals surface area contributed by atoms with E-state index in [-0.39, 0.29) is 41.4 Å². The first kappa shape index (κ1) is 30.9. The van der Waals surface area contributed by atoms with Crippen LogP contribution in [0.3, 0.4) is 0 Å². The first-order valence-electron chi connectivity index (χ1n) is 11.7. The fourth-order valence-corrected chi connectivity index (χ4v) is 4.34. The van der Waals surface area contributed by atoms with Crippen molar-refractivity contribution in [3.05, 3.63) is 57.6 Å². The molecule has 2 aromatic carbocycles. The molecule has 2 saturated carbocycles. The highest BCUT2D eigenvalue weighted by atomic mass is 35.5. The van der Waals surface area contributed by atoms with Gasteiger partial charge >= 0.3 is 0 Å². The van der Waals surface area contributed by atoms with Gasteiger partial charge in [0.25, 0.3) is 0 Å². The van der Waals surface area contributed by atoms with Crippen molar-refractivity contribution in [1.29, 1.82) is 5.26 Å². The molecule has 2 fully saturated rings. The number of oxime groups is 1. The van der Waals surface area contributed by atoms with E-state index in [0.29, 0.717) is 32.7 Å². The van der Waals surface area contributed by atoms with E-state index < -0.39 is 0 Å². The minimum atomic E-state index is -0.0446. The third-order valence-electron chi connectivity index (χ3n) is 6.33. The van der Waals surface area contributed by atoms with Gasteiger partial charge in [-0.1, -0.05) is 28.4 Å². The minimum absolute atomic E-state index is 0.0446. The summed E-state index contributed by atoms with van der Waals surface area (Å²) in [6.07, 6.45) is 3.18. The van der Waals surface area contributed by atoms with Crippen LogP contribution < -0.4 is 21.1 Å². The summed E-state index contributed by atoms with van der Waals surface area (Å²) in [5.41, 5.74) is 6.36. The van der Waals surface area contributed by atoms with Crippen LogP contribution in [0.25, 0.3) is 0 Å². The molecule has 10 nitrogen and oxygen atoms in total. The van der Waals surface area contributed by atoms with Gasteiger partial charge in [0, 0.05) is 23.5 Å². The number of halogens is 2. The molecule has 0 spiro atoms. The number of ketones is 2. The zero-order chi connectivity index (χ0) is 28.4. The van der Waals surface area contributed by atoms with E-state index in [4.69, 9.17) is 54.1 Å². The standard InChI is InChI=1S/C13H15ClN2O3.C13H12ClNO2.H3NO/c1-7(17)8-4-10(5-8)19-9-2-3-11(12(14)6-9)13(15)16-18;1-8(16)10-4-12(5-10)17-11-3-2-9(7-15)13(14)6-11;1-2/h2-3,6,8,10,18H,4-5H2,1H3,(H2,15,16);2-3,6,10,12H,4-5H2,1H3;2H,1H2. The van der Waals surface area contributed by atoms with E-state index in [1.165, 1.54) is 0 Å². The van der Waals surface area contributed by atoms with Gasteiger partial charge in [-0.25, -0.2) is 5.90 Å². The molecule has 0 saturated heterocycles. The second-order valence-electron chi connectivity index (χ2n) is 8.92. The molecule has 0 heterocycles. The highest BCUT2D eigenvalue weighted by Gasteiger charge is 2.34. The molecular weight excluding hydrogens is 535 g/mol. The summed E-state index contributed by atoms with van der Waals surface area (Å²) in [5, 5.41) is 27.5. The van der Waals surface area contributed by atoms with Crippen LogP contribution in [0, 0.1) is 23.2 Å². The molecule has 0 amide bonds. The minimum Gasteiger partial charge on any atom is -0.490 e. The van der Waals surface area contributed by atoms with Gasteiger partial charge in [-0.15, -0.1) is 0 Å². The zero-order valence-corrected chi connectivity index (χ0v) is 22.4. The topological polar surface area (TPSA) is 181 Å². The summed E-state index contributed by atoms with van der Waals surface area (Å²) >= 11 is 11.9. The molecule has 0 aliphatic heterocycles. The molecule has 0 atom stereocenters. The number of hydrogen-bond acceptors (Lipinski definition) is 9. The van der Waals surface area contributed by atoms with Gasteiger partial charge in [0.15, 0.2) is 5.84 Å². The smallest absolute Gasteiger partial charge is 0.171 e. The Morgan fingerprint density at radius 1 is 0.921 bits per heavy atom. The molecule has 0 bridgehead atoms. The van der Waals surface area contributed by atoms with E-state index in [1.807, 2.05) is 6.07 Å². The van der Waals surface area contributed by atoms with Crippen molar-refractivity contribution in [1.82, 2.24) is 0 Å². The number of rotatable bonds is 7. The summed E-state index contributed by atoms with van der Waals surface area (Å²) in [6, 6.07) is 12.0. The van der Waals surface area contributed by atoms with Crippen molar-refractivity contribution < 1.29 is 29.5 Å². The van der Waals surface area contributed by atoms with Crippen molar-refractivity contribution in [3.63, 3.8) is 0 Å². The third-order valence-corrected chi connectivity index (χ3v) is 6.96. The van der Waals surface area contributed by atoms with E-state index in [9.17, 15) is 9.59 Å². The number of nitriles is 1. The fraction of sp³-hybridized carbons (Fsp3) is 0.385. The number of hydrogen-bond donors (Lipinski definition) is 4. The number of amidine groups is 1. The zero-order valence-electron chi connectivity index (χ0n) is 20.9. The molecule has 204 valence electrons. The number of Topliss-reactive ketones (excluding diaryl/α,β-unsaturated/α-hetero) is 2. The normalized spacial score (nSPS) is 21.6. The van der Waals surface area contributed by atoms with Crippen LogP contribution in [0.1, 0.15) is 50.7 Å². The molecule has 38 heavy (non-hydrogen) atoms. The molecule has 6 N–H and O–H groups in total. The second kappa shape index (κ2) is 14.5. The van der Waals surface area contributed by atoms with Crippen molar-refractivity contribution in [3.8, 4) is 17.6 Å². The maximum Gasteiger partial charge on any atom is 0.171 e. The Labute approximate surface area is 230 Å². The highest BCUT2D eigenvalue weighted by molar-refractivity contribution is 6.34. The molecule has 0 aromatic heterocycles. The predicted molar refractivity (Wildman–Crippen MR) is 142 cm³/mol. The number of nitrogens with zero attached hydrogens (tertiary/aromatic N) is 2. The predicted octanol–water partition coefficient (Wildman–Crippen LogP) is 4.47. The van der Waals surface area contributed by atoms with Crippen molar-refractivity contribution in [2.75, 3.05) is 0 Å². The lowest BCUT2D eigenvalue weighted by molar-refractivity contribution is -0.126. The van der Waals surface area contributed by atoms with Crippen molar-refractivity contribution in [2.45, 2.75) is 51.7 Å². The van der Waals surface area contributed by atoms with Crippen LogP contribution in [0.4, 0.5) is 0 Å². The Morgan fingerprint density at radius 3 is 1.74 bits per heavy atom. The maximum atomic E-state index is 11.1. The van der Waals surface area contributed by atoms with Crippen LogP contribution in [-0.2, 0) is 9.59 Å². The monoisotopic (exact) mass is 564 g/mol. The van der Waals surface area contributed by atoms with E-state index in [1.54, 1.807) is 50.2 Å². The summed E-state index contributed by atoms with van der Waals surface area (Å²) in [4.78, 5) is 22.2. The summed E-state index contributed by atoms with van der Waals surface area (Å²) in [5.74, 6) is 5.43. The molecule has 0 radical (unpaired) electrons. The first-order chi connectivity index (χ1) is 18.1. The number of carbonyl (C=O) groups excluding carboxylic acids is 2. The molecule has 4 rings (SSSR count). The van der Waals surface area contributed by atoms with Gasteiger partial charge in [-0.2, -0.15) is 5.26 Å². The highest BCUT2D eigenvalue weighted by Crippen LogP contribution is 2.34. The second-order valence-corrected chi connectivity index (χ2v) is 9.73. The molecular formula is C26H30Cl2N4O6. The van der Waals surface area contributed by atoms with E-state index >= 15 is 0 Å². The van der Waals surface area contributed by atoms with Gasteiger partial charge in [-0.05, 0) is 69.9 Å². The van der Waals surface area contributed by atoms with E-state index in [2.05, 4.69) is 11.1 Å². The number of benzene rings is 2. The van der Waals surface area contributed by atoms with E-state index in [0.717, 1.165) is 25.7 Å². The Balaban J connectivity index is 0.000000252. The molecule has 2 aromatic rings. The lowest BCUT2D eigenvalue weighted by Crippen LogP contribution is -2.37. The molecule has 0 unspecified atom stereocenters. The van der Waals surface area contributed by atoms with Gasteiger partial charge < -0.3 is 25.6 Å². The summed E-state index contributed by atoms with van der Waals surface area (Å²) in [7, 11) is 0. The average Bonchev–Trinajstić information content (AvgIpc) is 2.84. The number of carbonyl (C=O) groups is 2. The summed E-state index contributed by atoms with van der Waals surface area (Å²) < 4.78 is 11.4. The Hall–Kier alpha value is -3.36. The first-order valence-corrected chi connectivity index (χ1v) is 12.4. The SMILES string of the molecule is CC(=O)C1CC(Oc2ccc(/C(N)=N/O)c(Cl)c2)C1.CC(=O)C1CC(Oc2ccc(C#N)c(Cl)c2)C1.NO. The molecule has 2 aliphatic carbocycles. The largest absolute Gasteiger partial charge is 0.490 e. The van der Waals surface area contributed by atoms with Gasteiger partial charge in [0.2, 0.25) is 0 Å². The van der Waals surface area contributed by atoms with Crippen molar-refractivity contribution in [2.24, 2.45) is 28.6 Å². The lowest BCUT2D eigenvalue weighted by Gasteiger charge is -2.33. The Kier molecular flexibility index (Phi) is 11.8. The van der Waals surface area contributed by atoms with Crippen LogP contribution in [0.15, 0.2) is 41.6 Å². The average molecular weight is 565 g/mol. The number of nitrogens with two attached hydrogens (primary N) is 2. The van der Waals surface area contributed by atoms with Gasteiger partial charge in [0.05, 0.1) is 15.6 Å². The Bertz CT molecular complexity index is 1200. The molecule has 2 aliphatic rings. The Morgan fingerprint density at radius 2 is 1.37 bits per heavy atom. The van der Waals surface area contributed by atoms with Crippen LogP contribution in [-0.4, -0.2) is 40.0 Å². The fourth-order valence-electron chi connectivity index (χ4n) is 3.86. The van der Waals surface area contributed by atoms with Crippen molar-refractivity contribution >= 4 is 40.6 Å². The van der Waals surface area contributed by atoms with Gasteiger partial charge in [-0.3, -0.25) is 9.59 Å². The van der Waals surface area contributed by atoms with Gasteiger partial charge in [0.1, 0.15) is 41.3 Å². The summed E-state index contributed by atoms with van der Waals surface area (Å²) in [6.45, 7) is 3.21. The quantitative estimate of drug-likeness (QED) is 0.163. The molecule has 12 heteroatoms.